The summed E-state index contributed by atoms with van der Waals surface area (Å²) in [6.45, 7) is 7.73. The van der Waals surface area contributed by atoms with Gasteiger partial charge in [0.1, 0.15) is 0 Å². The van der Waals surface area contributed by atoms with Crippen molar-refractivity contribution in [3.63, 3.8) is 0 Å². The SMILES string of the molecule is CC1(C)OC(Cc2ccc(-[n+]3ccc(-c4cc[n+](-c5ccc(CC6OC(C)(C)O6)cc5)cc4)cc3)cc2)O1. The summed E-state index contributed by atoms with van der Waals surface area (Å²) in [5, 5.41) is 0. The summed E-state index contributed by atoms with van der Waals surface area (Å²) in [6.07, 6.45) is 9.61. The van der Waals surface area contributed by atoms with Gasteiger partial charge >= 0.3 is 0 Å². The molecule has 2 saturated heterocycles. The molecule has 2 fully saturated rings. The highest BCUT2D eigenvalue weighted by molar-refractivity contribution is 5.61. The van der Waals surface area contributed by atoms with E-state index in [0.29, 0.717) is 0 Å². The van der Waals surface area contributed by atoms with Gasteiger partial charge in [-0.05, 0) is 49.9 Å². The molecule has 0 bridgehead atoms. The van der Waals surface area contributed by atoms with Gasteiger partial charge in [-0.3, -0.25) is 0 Å². The summed E-state index contributed by atoms with van der Waals surface area (Å²) in [4.78, 5) is 0. The first kappa shape index (κ1) is 24.9. The van der Waals surface area contributed by atoms with E-state index in [1.165, 1.54) is 22.3 Å². The summed E-state index contributed by atoms with van der Waals surface area (Å²) in [6, 6.07) is 25.6. The van der Waals surface area contributed by atoms with Crippen molar-refractivity contribution in [2.45, 2.75) is 64.7 Å². The third-order valence-corrected chi connectivity index (χ3v) is 6.93. The molecule has 0 radical (unpaired) electrons. The molecule has 4 heterocycles. The molecule has 0 saturated carbocycles. The van der Waals surface area contributed by atoms with Gasteiger partial charge in [0.05, 0.1) is 0 Å². The number of ether oxygens (including phenoxy) is 4. The molecule has 0 unspecified atom stereocenters. The molecule has 6 heteroatoms. The smallest absolute Gasteiger partial charge is 0.210 e. The molecular formula is C32H34N2O4+2. The Morgan fingerprint density at radius 1 is 0.500 bits per heavy atom. The first-order valence-electron chi connectivity index (χ1n) is 13.1. The summed E-state index contributed by atoms with van der Waals surface area (Å²) in [7, 11) is 0. The Hall–Kier alpha value is -3.42. The van der Waals surface area contributed by atoms with Crippen molar-refractivity contribution in [1.29, 1.82) is 0 Å². The highest BCUT2D eigenvalue weighted by atomic mass is 16.9. The highest BCUT2D eigenvalue weighted by Gasteiger charge is 2.38. The average Bonchev–Trinajstić information content (AvgIpc) is 2.88. The van der Waals surface area contributed by atoms with E-state index in [4.69, 9.17) is 18.9 Å². The Bertz CT molecular complexity index is 1270. The lowest BCUT2D eigenvalue weighted by atomic mass is 10.1. The lowest BCUT2D eigenvalue weighted by Gasteiger charge is -2.42. The molecule has 2 aromatic carbocycles. The molecule has 6 nitrogen and oxygen atoms in total. The van der Waals surface area contributed by atoms with Crippen LogP contribution in [0, 0.1) is 0 Å². The number of hydrogen-bond acceptors (Lipinski definition) is 4. The fourth-order valence-electron chi connectivity index (χ4n) is 5.03. The number of nitrogens with zero attached hydrogens (tertiary/aromatic N) is 2. The fraction of sp³-hybridized carbons (Fsp3) is 0.312. The first-order chi connectivity index (χ1) is 18.2. The Kier molecular flexibility index (Phi) is 6.36. The molecule has 6 rings (SSSR count). The zero-order valence-corrected chi connectivity index (χ0v) is 22.3. The summed E-state index contributed by atoms with van der Waals surface area (Å²) in [5.74, 6) is -0.905. The largest absolute Gasteiger partial charge is 0.321 e. The van der Waals surface area contributed by atoms with Crippen LogP contribution >= 0.6 is 0 Å². The van der Waals surface area contributed by atoms with Gasteiger partial charge in [-0.1, -0.05) is 24.3 Å². The van der Waals surface area contributed by atoms with E-state index >= 15 is 0 Å². The predicted molar refractivity (Wildman–Crippen MR) is 142 cm³/mol. The number of pyridine rings is 2. The second-order valence-electron chi connectivity index (χ2n) is 10.9. The van der Waals surface area contributed by atoms with Crippen LogP contribution in [0.2, 0.25) is 0 Å². The monoisotopic (exact) mass is 510 g/mol. The molecule has 2 aliphatic heterocycles. The standard InChI is InChI=1S/C32H34N2O4/c1-31(2)35-29(36-31)21-23-5-9-27(10-6-23)33-17-13-25(14-18-33)26-15-19-34(20-16-26)28-11-7-24(8-12-28)22-30-37-32(3,4)38-30/h5-20,29-30H,21-22H2,1-4H3/q+2. The maximum atomic E-state index is 5.72. The van der Waals surface area contributed by atoms with Crippen LogP contribution in [0.3, 0.4) is 0 Å². The molecule has 0 amide bonds. The van der Waals surface area contributed by atoms with Crippen molar-refractivity contribution in [2.24, 2.45) is 0 Å². The first-order valence-corrected chi connectivity index (χ1v) is 13.1. The van der Waals surface area contributed by atoms with E-state index in [9.17, 15) is 0 Å². The van der Waals surface area contributed by atoms with Gasteiger partial charge in [0.15, 0.2) is 48.9 Å². The van der Waals surface area contributed by atoms with Crippen molar-refractivity contribution in [1.82, 2.24) is 0 Å². The van der Waals surface area contributed by atoms with Crippen molar-refractivity contribution < 1.29 is 28.1 Å². The fourth-order valence-corrected chi connectivity index (χ4v) is 5.03. The Labute approximate surface area is 224 Å². The quantitative estimate of drug-likeness (QED) is 0.320. The van der Waals surface area contributed by atoms with Gasteiger partial charge in [-0.25, -0.2) is 0 Å². The molecule has 2 aliphatic rings. The van der Waals surface area contributed by atoms with Crippen LogP contribution in [-0.4, -0.2) is 24.2 Å². The summed E-state index contributed by atoms with van der Waals surface area (Å²) in [5.41, 5.74) is 6.97. The van der Waals surface area contributed by atoms with Crippen LogP contribution in [0.4, 0.5) is 0 Å². The normalized spacial score (nSPS) is 18.5. The second kappa shape index (κ2) is 9.71. The Balaban J connectivity index is 1.07. The third kappa shape index (κ3) is 5.54. The number of benzene rings is 2. The Morgan fingerprint density at radius 2 is 0.816 bits per heavy atom. The molecule has 194 valence electrons. The molecule has 4 aromatic rings. The maximum Gasteiger partial charge on any atom is 0.210 e. The molecule has 0 spiro atoms. The zero-order chi connectivity index (χ0) is 26.3. The Morgan fingerprint density at radius 3 is 1.11 bits per heavy atom. The number of aromatic nitrogens is 2. The van der Waals surface area contributed by atoms with Crippen molar-refractivity contribution in [2.75, 3.05) is 0 Å². The molecule has 38 heavy (non-hydrogen) atoms. The van der Waals surface area contributed by atoms with Crippen LogP contribution in [0.1, 0.15) is 38.8 Å². The molecule has 2 aromatic heterocycles. The molecule has 0 aliphatic carbocycles. The lowest BCUT2D eigenvalue weighted by molar-refractivity contribution is -0.596. The topological polar surface area (TPSA) is 44.7 Å². The van der Waals surface area contributed by atoms with Gasteiger partial charge in [-0.2, -0.15) is 9.13 Å². The van der Waals surface area contributed by atoms with E-state index < -0.39 is 11.6 Å². The van der Waals surface area contributed by atoms with E-state index in [2.05, 4.69) is 107 Å². The minimum absolute atomic E-state index is 0.151. The predicted octanol–water partition coefficient (Wildman–Crippen LogP) is 5.21. The van der Waals surface area contributed by atoms with Crippen molar-refractivity contribution in [3.05, 3.63) is 109 Å². The van der Waals surface area contributed by atoms with E-state index in [-0.39, 0.29) is 12.6 Å². The highest BCUT2D eigenvalue weighted by Crippen LogP contribution is 2.31. The number of rotatable bonds is 7. The van der Waals surface area contributed by atoms with Crippen LogP contribution in [0.5, 0.6) is 0 Å². The molecule has 0 N–H and O–H groups in total. The van der Waals surface area contributed by atoms with Gasteiger partial charge in [0.2, 0.25) is 11.4 Å². The lowest BCUT2D eigenvalue weighted by Crippen LogP contribution is -2.49. The average molecular weight is 511 g/mol. The molecule has 0 atom stereocenters. The minimum Gasteiger partial charge on any atom is -0.321 e. The maximum absolute atomic E-state index is 5.72. The van der Waals surface area contributed by atoms with Gasteiger partial charge < -0.3 is 18.9 Å². The van der Waals surface area contributed by atoms with Crippen LogP contribution in [-0.2, 0) is 31.8 Å². The van der Waals surface area contributed by atoms with Gasteiger partial charge in [-0.15, -0.1) is 0 Å². The van der Waals surface area contributed by atoms with Gasteiger partial charge in [0, 0.05) is 61.4 Å². The van der Waals surface area contributed by atoms with Crippen LogP contribution in [0.15, 0.2) is 97.6 Å². The molecular weight excluding hydrogens is 476 g/mol. The zero-order valence-electron chi connectivity index (χ0n) is 22.3. The summed E-state index contributed by atoms with van der Waals surface area (Å²) >= 11 is 0. The van der Waals surface area contributed by atoms with Crippen LogP contribution in [0.25, 0.3) is 22.5 Å². The minimum atomic E-state index is -0.453. The van der Waals surface area contributed by atoms with Gasteiger partial charge in [0.25, 0.3) is 0 Å². The van der Waals surface area contributed by atoms with E-state index in [0.717, 1.165) is 24.2 Å². The third-order valence-electron chi connectivity index (χ3n) is 6.93. The second-order valence-corrected chi connectivity index (χ2v) is 10.9. The number of hydrogen-bond donors (Lipinski definition) is 0. The van der Waals surface area contributed by atoms with Crippen molar-refractivity contribution in [3.8, 4) is 22.5 Å². The van der Waals surface area contributed by atoms with Crippen LogP contribution < -0.4 is 9.13 Å². The van der Waals surface area contributed by atoms with Crippen molar-refractivity contribution >= 4 is 0 Å². The summed E-state index contributed by atoms with van der Waals surface area (Å²) < 4.78 is 27.1. The van der Waals surface area contributed by atoms with E-state index in [1.807, 2.05) is 27.7 Å². The van der Waals surface area contributed by atoms with E-state index in [1.54, 1.807) is 0 Å².